The van der Waals surface area contributed by atoms with Crippen molar-refractivity contribution in [2.24, 2.45) is 5.41 Å². The number of rotatable bonds is 3. The summed E-state index contributed by atoms with van der Waals surface area (Å²) >= 11 is 0. The Hall–Kier alpha value is -3.55. The summed E-state index contributed by atoms with van der Waals surface area (Å²) in [7, 11) is 0. The van der Waals surface area contributed by atoms with Gasteiger partial charge in [-0.15, -0.1) is 0 Å². The van der Waals surface area contributed by atoms with Crippen LogP contribution in [0.5, 0.6) is 5.75 Å². The van der Waals surface area contributed by atoms with Crippen molar-refractivity contribution < 1.29 is 14.6 Å². The number of hydrogen-bond donors (Lipinski definition) is 1. The fourth-order valence-corrected chi connectivity index (χ4v) is 4.06. The molecule has 1 aromatic carbocycles. The number of para-hydroxylation sites is 1. The molecule has 140 valence electrons. The van der Waals surface area contributed by atoms with Crippen molar-refractivity contribution in [3.8, 4) is 17.1 Å². The third-order valence-corrected chi connectivity index (χ3v) is 5.50. The summed E-state index contributed by atoms with van der Waals surface area (Å²) in [6.45, 7) is 0.923. The first-order chi connectivity index (χ1) is 13.7. The standard InChI is InChI=1S/C20H17N5O3/c26-18(27)20-11-25(10-14(20)13-3-1-2-4-17(13)28-12-20)19-23-6-5-15(24-19)16-9-21-7-8-22-16/h1-9,14H,10-12H2,(H,26,27)/t14-,20-/m0/s1. The van der Waals surface area contributed by atoms with Crippen LogP contribution in [0.2, 0.25) is 0 Å². The molecule has 0 spiro atoms. The van der Waals surface area contributed by atoms with Gasteiger partial charge in [0.15, 0.2) is 0 Å². The molecule has 8 heteroatoms. The molecule has 0 unspecified atom stereocenters. The number of ether oxygens (including phenoxy) is 1. The van der Waals surface area contributed by atoms with E-state index in [-0.39, 0.29) is 19.1 Å². The van der Waals surface area contributed by atoms with Crippen LogP contribution < -0.4 is 9.64 Å². The number of carboxylic acid groups (broad SMARTS) is 1. The molecule has 2 aliphatic rings. The van der Waals surface area contributed by atoms with E-state index in [0.717, 1.165) is 11.3 Å². The molecule has 28 heavy (non-hydrogen) atoms. The minimum absolute atomic E-state index is 0.129. The Morgan fingerprint density at radius 2 is 2.04 bits per heavy atom. The highest BCUT2D eigenvalue weighted by molar-refractivity contribution is 5.80. The third-order valence-electron chi connectivity index (χ3n) is 5.50. The highest BCUT2D eigenvalue weighted by Crippen LogP contribution is 2.50. The summed E-state index contributed by atoms with van der Waals surface area (Å²) in [5, 5.41) is 10.1. The predicted molar refractivity (Wildman–Crippen MR) is 100 cm³/mol. The van der Waals surface area contributed by atoms with E-state index >= 15 is 0 Å². The van der Waals surface area contributed by atoms with Crippen LogP contribution in [0, 0.1) is 5.41 Å². The van der Waals surface area contributed by atoms with Gasteiger partial charge >= 0.3 is 5.97 Å². The predicted octanol–water partition coefficient (Wildman–Crippen LogP) is 2.00. The first kappa shape index (κ1) is 16.6. The monoisotopic (exact) mass is 375 g/mol. The molecule has 2 aliphatic heterocycles. The highest BCUT2D eigenvalue weighted by Gasteiger charge is 2.57. The van der Waals surface area contributed by atoms with Crippen molar-refractivity contribution in [2.45, 2.75) is 5.92 Å². The van der Waals surface area contributed by atoms with Crippen LogP contribution in [0.15, 0.2) is 55.1 Å². The summed E-state index contributed by atoms with van der Waals surface area (Å²) in [4.78, 5) is 31.5. The van der Waals surface area contributed by atoms with Gasteiger partial charge < -0.3 is 14.7 Å². The minimum Gasteiger partial charge on any atom is -0.492 e. The van der Waals surface area contributed by atoms with E-state index in [2.05, 4.69) is 19.9 Å². The number of nitrogens with zero attached hydrogens (tertiary/aromatic N) is 5. The van der Waals surface area contributed by atoms with E-state index in [1.807, 2.05) is 29.2 Å². The lowest BCUT2D eigenvalue weighted by Gasteiger charge is -2.35. The van der Waals surface area contributed by atoms with Crippen molar-refractivity contribution in [1.82, 2.24) is 19.9 Å². The molecule has 1 N–H and O–H groups in total. The highest BCUT2D eigenvalue weighted by atomic mass is 16.5. The normalized spacial score (nSPS) is 22.9. The van der Waals surface area contributed by atoms with Gasteiger partial charge in [0.2, 0.25) is 5.95 Å². The van der Waals surface area contributed by atoms with Gasteiger partial charge in [-0.3, -0.25) is 14.8 Å². The second-order valence-corrected chi connectivity index (χ2v) is 7.05. The van der Waals surface area contributed by atoms with E-state index in [1.54, 1.807) is 30.9 Å². The van der Waals surface area contributed by atoms with Gasteiger partial charge in [0, 0.05) is 43.2 Å². The van der Waals surface area contributed by atoms with Crippen molar-refractivity contribution in [1.29, 1.82) is 0 Å². The average Bonchev–Trinajstić information content (AvgIpc) is 3.16. The third kappa shape index (κ3) is 2.49. The molecule has 5 rings (SSSR count). The molecule has 2 atom stereocenters. The number of hydrogen-bond acceptors (Lipinski definition) is 7. The van der Waals surface area contributed by atoms with E-state index in [0.29, 0.717) is 23.9 Å². The quantitative estimate of drug-likeness (QED) is 0.742. The maximum Gasteiger partial charge on any atom is 0.315 e. The van der Waals surface area contributed by atoms with Crippen LogP contribution in [0.3, 0.4) is 0 Å². The maximum atomic E-state index is 12.3. The zero-order valence-corrected chi connectivity index (χ0v) is 14.9. The van der Waals surface area contributed by atoms with E-state index in [1.165, 1.54) is 0 Å². The summed E-state index contributed by atoms with van der Waals surface area (Å²) in [5.74, 6) is 0.175. The second-order valence-electron chi connectivity index (χ2n) is 7.05. The maximum absolute atomic E-state index is 12.3. The molecule has 0 amide bonds. The number of carbonyl (C=O) groups is 1. The van der Waals surface area contributed by atoms with E-state index in [4.69, 9.17) is 4.74 Å². The summed E-state index contributed by atoms with van der Waals surface area (Å²) in [6.07, 6.45) is 6.50. The van der Waals surface area contributed by atoms with Gasteiger partial charge in [0.25, 0.3) is 0 Å². The average molecular weight is 375 g/mol. The zero-order valence-electron chi connectivity index (χ0n) is 14.9. The number of aliphatic carboxylic acids is 1. The van der Waals surface area contributed by atoms with Crippen molar-refractivity contribution >= 4 is 11.9 Å². The van der Waals surface area contributed by atoms with Crippen LogP contribution in [-0.2, 0) is 4.79 Å². The van der Waals surface area contributed by atoms with E-state index in [9.17, 15) is 9.90 Å². The van der Waals surface area contributed by atoms with Gasteiger partial charge in [0.1, 0.15) is 23.5 Å². The Morgan fingerprint density at radius 1 is 1.14 bits per heavy atom. The molecule has 1 saturated heterocycles. The lowest BCUT2D eigenvalue weighted by atomic mass is 9.73. The molecule has 0 bridgehead atoms. The lowest BCUT2D eigenvalue weighted by Crippen LogP contribution is -2.45. The topological polar surface area (TPSA) is 101 Å². The van der Waals surface area contributed by atoms with Crippen molar-refractivity contribution in [3.63, 3.8) is 0 Å². The largest absolute Gasteiger partial charge is 0.492 e. The number of fused-ring (bicyclic) bond motifs is 3. The Balaban J connectivity index is 1.53. The molecule has 2 aromatic heterocycles. The Labute approximate surface area is 160 Å². The van der Waals surface area contributed by atoms with Gasteiger partial charge in [-0.05, 0) is 12.1 Å². The van der Waals surface area contributed by atoms with Crippen LogP contribution in [0.25, 0.3) is 11.4 Å². The fourth-order valence-electron chi connectivity index (χ4n) is 4.06. The second kappa shape index (κ2) is 6.26. The van der Waals surface area contributed by atoms with Crippen LogP contribution in [-0.4, -0.2) is 50.7 Å². The lowest BCUT2D eigenvalue weighted by molar-refractivity contribution is -0.151. The summed E-state index contributed by atoms with van der Waals surface area (Å²) in [5.41, 5.74) is 1.18. The molecular formula is C20H17N5O3. The first-order valence-electron chi connectivity index (χ1n) is 8.97. The number of aromatic nitrogens is 4. The van der Waals surface area contributed by atoms with Crippen LogP contribution >= 0.6 is 0 Å². The number of anilines is 1. The smallest absolute Gasteiger partial charge is 0.315 e. The van der Waals surface area contributed by atoms with Crippen molar-refractivity contribution in [2.75, 3.05) is 24.6 Å². The van der Waals surface area contributed by atoms with Gasteiger partial charge in [-0.1, -0.05) is 18.2 Å². The molecule has 0 radical (unpaired) electrons. The van der Waals surface area contributed by atoms with Gasteiger partial charge in [-0.2, -0.15) is 0 Å². The Morgan fingerprint density at radius 3 is 2.86 bits per heavy atom. The molecule has 0 saturated carbocycles. The van der Waals surface area contributed by atoms with Crippen LogP contribution in [0.4, 0.5) is 5.95 Å². The molecule has 0 aliphatic carbocycles. The Kier molecular flexibility index (Phi) is 3.71. The van der Waals surface area contributed by atoms with Gasteiger partial charge in [0.05, 0.1) is 11.9 Å². The molecular weight excluding hydrogens is 358 g/mol. The minimum atomic E-state index is -1.03. The summed E-state index contributed by atoms with van der Waals surface area (Å²) in [6, 6.07) is 9.40. The molecule has 4 heterocycles. The molecule has 3 aromatic rings. The molecule has 8 nitrogen and oxygen atoms in total. The van der Waals surface area contributed by atoms with Crippen LogP contribution in [0.1, 0.15) is 11.5 Å². The van der Waals surface area contributed by atoms with Crippen molar-refractivity contribution in [3.05, 3.63) is 60.7 Å². The van der Waals surface area contributed by atoms with E-state index < -0.39 is 11.4 Å². The van der Waals surface area contributed by atoms with Gasteiger partial charge in [-0.25, -0.2) is 9.97 Å². The SMILES string of the molecule is O=C(O)[C@@]12COc3ccccc3[C@@H]1CN(c1nccc(-c3cnccn3)n1)C2. The Bertz CT molecular complexity index is 1040. The first-order valence-corrected chi connectivity index (χ1v) is 8.97. The zero-order chi connectivity index (χ0) is 19.1. The fraction of sp³-hybridized carbons (Fsp3) is 0.250. The molecule has 1 fully saturated rings. The summed E-state index contributed by atoms with van der Waals surface area (Å²) < 4.78 is 5.81. The number of carboxylic acids is 1. The number of benzene rings is 1.